The van der Waals surface area contributed by atoms with Gasteiger partial charge in [0.1, 0.15) is 6.10 Å². The van der Waals surface area contributed by atoms with Crippen molar-refractivity contribution in [1.29, 1.82) is 0 Å². The Bertz CT molecular complexity index is 673. The van der Waals surface area contributed by atoms with E-state index < -0.39 is 0 Å². The molecule has 0 saturated carbocycles. The number of aryl methyl sites for hydroxylation is 1. The fourth-order valence-corrected chi connectivity index (χ4v) is 3.12. The molecule has 0 aliphatic carbocycles. The zero-order chi connectivity index (χ0) is 17.8. The van der Waals surface area contributed by atoms with Crippen molar-refractivity contribution in [2.24, 2.45) is 0 Å². The molecule has 0 unspecified atom stereocenters. The fraction of sp³-hybridized carbons (Fsp3) is 0.556. The lowest BCUT2D eigenvalue weighted by molar-refractivity contribution is 0.0668. The van der Waals surface area contributed by atoms with Gasteiger partial charge in [-0.25, -0.2) is 0 Å². The molecule has 1 aromatic carbocycles. The maximum absolute atomic E-state index is 6.21. The molecule has 0 spiro atoms. The molecule has 1 saturated heterocycles. The third-order valence-corrected chi connectivity index (χ3v) is 4.59. The standard InChI is InChI=1S/C18H25N3O4/c1-12(18-19-13(2)20-25-18)21-10-8-14(9-11-21)24-17-15(22-3)6-5-7-16(17)23-4/h5-7,12,14H,8-11H2,1-4H3/t12-/m1/s1. The second-order valence-electron chi connectivity index (χ2n) is 6.20. The summed E-state index contributed by atoms with van der Waals surface area (Å²) < 4.78 is 22.3. The molecule has 25 heavy (non-hydrogen) atoms. The minimum atomic E-state index is 0.114. The SMILES string of the molecule is COc1cccc(OC)c1OC1CCN([C@H](C)c2nc(C)no2)CC1. The highest BCUT2D eigenvalue weighted by molar-refractivity contribution is 5.51. The van der Waals surface area contributed by atoms with Gasteiger partial charge in [0.25, 0.3) is 0 Å². The van der Waals surface area contributed by atoms with Crippen LogP contribution >= 0.6 is 0 Å². The number of nitrogens with zero attached hydrogens (tertiary/aromatic N) is 3. The van der Waals surface area contributed by atoms with E-state index in [0.717, 1.165) is 25.9 Å². The highest BCUT2D eigenvalue weighted by Gasteiger charge is 2.28. The van der Waals surface area contributed by atoms with Gasteiger partial charge in [0, 0.05) is 13.1 Å². The van der Waals surface area contributed by atoms with Gasteiger partial charge in [-0.05, 0) is 38.8 Å². The van der Waals surface area contributed by atoms with Crippen molar-refractivity contribution in [2.75, 3.05) is 27.3 Å². The first kappa shape index (κ1) is 17.5. The van der Waals surface area contributed by atoms with Gasteiger partial charge in [-0.3, -0.25) is 4.90 Å². The van der Waals surface area contributed by atoms with E-state index >= 15 is 0 Å². The molecular weight excluding hydrogens is 322 g/mol. The van der Waals surface area contributed by atoms with Crippen LogP contribution in [0.15, 0.2) is 22.7 Å². The van der Waals surface area contributed by atoms with Crippen LogP contribution in [0.4, 0.5) is 0 Å². The molecule has 1 aliphatic rings. The number of hydrogen-bond donors (Lipinski definition) is 0. The van der Waals surface area contributed by atoms with Gasteiger partial charge in [-0.1, -0.05) is 11.2 Å². The van der Waals surface area contributed by atoms with E-state index in [4.69, 9.17) is 18.7 Å². The first-order valence-corrected chi connectivity index (χ1v) is 8.54. The summed E-state index contributed by atoms with van der Waals surface area (Å²) in [5.41, 5.74) is 0. The Balaban J connectivity index is 1.62. The molecule has 0 radical (unpaired) electrons. The lowest BCUT2D eigenvalue weighted by atomic mass is 10.1. The van der Waals surface area contributed by atoms with Gasteiger partial charge in [0.2, 0.25) is 11.6 Å². The Kier molecular flexibility index (Phi) is 5.43. The van der Waals surface area contributed by atoms with Crippen LogP contribution in [-0.4, -0.2) is 48.5 Å². The van der Waals surface area contributed by atoms with Crippen LogP contribution in [0.3, 0.4) is 0 Å². The van der Waals surface area contributed by atoms with Crippen LogP contribution in [0.5, 0.6) is 17.2 Å². The van der Waals surface area contributed by atoms with Crippen molar-refractivity contribution in [1.82, 2.24) is 15.0 Å². The maximum Gasteiger partial charge on any atom is 0.243 e. The van der Waals surface area contributed by atoms with E-state index in [-0.39, 0.29) is 12.1 Å². The fourth-order valence-electron chi connectivity index (χ4n) is 3.12. The van der Waals surface area contributed by atoms with Crippen LogP contribution in [0.1, 0.15) is 37.5 Å². The van der Waals surface area contributed by atoms with Crippen LogP contribution < -0.4 is 14.2 Å². The highest BCUT2D eigenvalue weighted by Crippen LogP contribution is 2.38. The Hall–Kier alpha value is -2.28. The zero-order valence-electron chi connectivity index (χ0n) is 15.2. The lowest BCUT2D eigenvalue weighted by Gasteiger charge is -2.34. The third-order valence-electron chi connectivity index (χ3n) is 4.59. The predicted molar refractivity (Wildman–Crippen MR) is 92.2 cm³/mol. The first-order chi connectivity index (χ1) is 12.1. The van der Waals surface area contributed by atoms with Crippen molar-refractivity contribution in [2.45, 2.75) is 38.8 Å². The van der Waals surface area contributed by atoms with E-state index in [9.17, 15) is 0 Å². The van der Waals surface area contributed by atoms with Gasteiger partial charge in [-0.2, -0.15) is 4.98 Å². The Morgan fingerprint density at radius 1 is 1.16 bits per heavy atom. The number of likely N-dealkylation sites (tertiary alicyclic amines) is 1. The summed E-state index contributed by atoms with van der Waals surface area (Å²) in [7, 11) is 3.27. The summed E-state index contributed by atoms with van der Waals surface area (Å²) in [6.45, 7) is 5.74. The number of methoxy groups -OCH3 is 2. The van der Waals surface area contributed by atoms with Crippen LogP contribution in [-0.2, 0) is 0 Å². The summed E-state index contributed by atoms with van der Waals surface area (Å²) >= 11 is 0. The molecule has 3 rings (SSSR count). The number of piperidine rings is 1. The summed E-state index contributed by atoms with van der Waals surface area (Å²) in [4.78, 5) is 6.67. The normalized spacial score (nSPS) is 17.3. The minimum Gasteiger partial charge on any atom is -0.493 e. The van der Waals surface area contributed by atoms with Gasteiger partial charge in [0.15, 0.2) is 17.3 Å². The number of hydrogen-bond acceptors (Lipinski definition) is 7. The number of benzene rings is 1. The number of ether oxygens (including phenoxy) is 3. The van der Waals surface area contributed by atoms with E-state index in [1.807, 2.05) is 25.1 Å². The van der Waals surface area contributed by atoms with Crippen molar-refractivity contribution < 1.29 is 18.7 Å². The van der Waals surface area contributed by atoms with E-state index in [2.05, 4.69) is 22.0 Å². The van der Waals surface area contributed by atoms with Gasteiger partial charge >= 0.3 is 0 Å². The minimum absolute atomic E-state index is 0.114. The Morgan fingerprint density at radius 3 is 2.32 bits per heavy atom. The second-order valence-corrected chi connectivity index (χ2v) is 6.20. The Morgan fingerprint density at radius 2 is 1.80 bits per heavy atom. The second kappa shape index (κ2) is 7.74. The van der Waals surface area contributed by atoms with Crippen molar-refractivity contribution in [3.05, 3.63) is 29.9 Å². The van der Waals surface area contributed by atoms with Gasteiger partial charge in [-0.15, -0.1) is 0 Å². The number of aromatic nitrogens is 2. The highest BCUT2D eigenvalue weighted by atomic mass is 16.5. The average Bonchev–Trinajstić information content (AvgIpc) is 3.08. The van der Waals surface area contributed by atoms with Crippen molar-refractivity contribution >= 4 is 0 Å². The van der Waals surface area contributed by atoms with Gasteiger partial charge < -0.3 is 18.7 Å². The van der Waals surface area contributed by atoms with Crippen molar-refractivity contribution in [3.8, 4) is 17.2 Å². The molecular formula is C18H25N3O4. The molecule has 0 N–H and O–H groups in total. The van der Waals surface area contributed by atoms with Crippen LogP contribution in [0.25, 0.3) is 0 Å². The molecule has 1 aliphatic heterocycles. The molecule has 7 nitrogen and oxygen atoms in total. The summed E-state index contributed by atoms with van der Waals surface area (Å²) in [6, 6.07) is 5.77. The monoisotopic (exact) mass is 347 g/mol. The zero-order valence-corrected chi connectivity index (χ0v) is 15.2. The van der Waals surface area contributed by atoms with E-state index in [0.29, 0.717) is 29.0 Å². The number of para-hydroxylation sites is 1. The Labute approximate surface area is 147 Å². The third kappa shape index (κ3) is 3.87. The molecule has 136 valence electrons. The van der Waals surface area contributed by atoms with Crippen LogP contribution in [0.2, 0.25) is 0 Å². The molecule has 2 aromatic rings. The van der Waals surface area contributed by atoms with Crippen LogP contribution in [0, 0.1) is 6.92 Å². The molecule has 1 aromatic heterocycles. The van der Waals surface area contributed by atoms with Crippen molar-refractivity contribution in [3.63, 3.8) is 0 Å². The molecule has 0 bridgehead atoms. The van der Waals surface area contributed by atoms with E-state index in [1.165, 1.54) is 0 Å². The molecule has 1 fully saturated rings. The largest absolute Gasteiger partial charge is 0.493 e. The molecule has 7 heteroatoms. The lowest BCUT2D eigenvalue weighted by Crippen LogP contribution is -2.39. The topological polar surface area (TPSA) is 69.8 Å². The summed E-state index contributed by atoms with van der Waals surface area (Å²) in [5, 5.41) is 3.88. The average molecular weight is 347 g/mol. The smallest absolute Gasteiger partial charge is 0.243 e. The van der Waals surface area contributed by atoms with E-state index in [1.54, 1.807) is 14.2 Å². The molecule has 2 heterocycles. The predicted octanol–water partition coefficient (Wildman–Crippen LogP) is 3.00. The quantitative estimate of drug-likeness (QED) is 0.795. The molecule has 1 atom stereocenters. The summed E-state index contributed by atoms with van der Waals surface area (Å²) in [6.07, 6.45) is 1.95. The number of rotatable bonds is 6. The van der Waals surface area contributed by atoms with Gasteiger partial charge in [0.05, 0.1) is 20.3 Å². The summed E-state index contributed by atoms with van der Waals surface area (Å²) in [5.74, 6) is 3.39. The molecule has 0 amide bonds. The first-order valence-electron chi connectivity index (χ1n) is 8.54. The maximum atomic E-state index is 6.21.